The van der Waals surface area contributed by atoms with E-state index in [9.17, 15) is 14.9 Å². The van der Waals surface area contributed by atoms with Crippen molar-refractivity contribution in [3.8, 4) is 0 Å². The number of rotatable bonds is 3. The molecule has 102 valence electrons. The van der Waals surface area contributed by atoms with E-state index < -0.39 is 10.3 Å². The molecule has 1 heterocycles. The average molecular weight is 263 g/mol. The summed E-state index contributed by atoms with van der Waals surface area (Å²) in [5.74, 6) is -0.0209. The molecule has 19 heavy (non-hydrogen) atoms. The highest BCUT2D eigenvalue weighted by atomic mass is 16.6. The van der Waals surface area contributed by atoms with Crippen molar-refractivity contribution in [2.24, 2.45) is 0 Å². The number of nitro groups is 1. The molecule has 0 spiro atoms. The summed E-state index contributed by atoms with van der Waals surface area (Å²) >= 11 is 0. The van der Waals surface area contributed by atoms with Gasteiger partial charge in [0.2, 0.25) is 5.91 Å². The molecule has 1 aromatic rings. The van der Waals surface area contributed by atoms with Gasteiger partial charge >= 0.3 is 0 Å². The maximum absolute atomic E-state index is 12.5. The van der Waals surface area contributed by atoms with Crippen LogP contribution in [0.3, 0.4) is 0 Å². The van der Waals surface area contributed by atoms with Gasteiger partial charge in [0, 0.05) is 13.1 Å². The number of anilines is 2. The lowest BCUT2D eigenvalue weighted by molar-refractivity contribution is -0.383. The van der Waals surface area contributed by atoms with E-state index >= 15 is 0 Å². The Morgan fingerprint density at radius 3 is 2.42 bits per heavy atom. The van der Waals surface area contributed by atoms with Crippen molar-refractivity contribution in [2.45, 2.75) is 32.1 Å². The Balaban J connectivity index is 2.73. The van der Waals surface area contributed by atoms with E-state index in [0.29, 0.717) is 18.5 Å². The van der Waals surface area contributed by atoms with Crippen molar-refractivity contribution in [3.05, 3.63) is 27.8 Å². The van der Waals surface area contributed by atoms with Gasteiger partial charge in [-0.1, -0.05) is 13.8 Å². The van der Waals surface area contributed by atoms with Crippen molar-refractivity contribution in [2.75, 3.05) is 17.7 Å². The lowest BCUT2D eigenvalue weighted by atomic mass is 9.77. The van der Waals surface area contributed by atoms with Crippen molar-refractivity contribution >= 4 is 23.0 Å². The van der Waals surface area contributed by atoms with E-state index in [1.807, 2.05) is 13.8 Å². The molecule has 0 saturated carbocycles. The van der Waals surface area contributed by atoms with E-state index in [0.717, 1.165) is 5.56 Å². The third-order valence-electron chi connectivity index (χ3n) is 4.14. The van der Waals surface area contributed by atoms with Gasteiger partial charge in [-0.25, -0.2) is 0 Å². The highest BCUT2D eigenvalue weighted by Crippen LogP contribution is 2.48. The van der Waals surface area contributed by atoms with E-state index in [4.69, 9.17) is 5.73 Å². The molecule has 0 aliphatic carbocycles. The second-order valence-electron chi connectivity index (χ2n) is 4.84. The molecule has 0 aromatic heterocycles. The monoisotopic (exact) mass is 263 g/mol. The molecule has 0 unspecified atom stereocenters. The Morgan fingerprint density at radius 2 is 1.95 bits per heavy atom. The maximum atomic E-state index is 12.5. The van der Waals surface area contributed by atoms with Crippen LogP contribution in [0.4, 0.5) is 17.1 Å². The first kappa shape index (κ1) is 13.3. The highest BCUT2D eigenvalue weighted by molar-refractivity contribution is 6.08. The van der Waals surface area contributed by atoms with Crippen LogP contribution >= 0.6 is 0 Å². The summed E-state index contributed by atoms with van der Waals surface area (Å²) in [6.07, 6.45) is 1.30. The fourth-order valence-electron chi connectivity index (χ4n) is 2.89. The van der Waals surface area contributed by atoms with Gasteiger partial charge in [-0.2, -0.15) is 0 Å². The van der Waals surface area contributed by atoms with Crippen LogP contribution in [0.25, 0.3) is 0 Å². The molecular formula is C13H17N3O3. The number of hydrogen-bond acceptors (Lipinski definition) is 4. The fourth-order valence-corrected chi connectivity index (χ4v) is 2.89. The number of nitrogens with zero attached hydrogens (tertiary/aromatic N) is 2. The molecule has 0 atom stereocenters. The number of amides is 1. The first-order valence-electron chi connectivity index (χ1n) is 6.25. The minimum absolute atomic E-state index is 0.0209. The average Bonchev–Trinajstić information content (AvgIpc) is 2.58. The van der Waals surface area contributed by atoms with Crippen molar-refractivity contribution in [3.63, 3.8) is 0 Å². The number of nitro benzene ring substituents is 1. The van der Waals surface area contributed by atoms with Crippen LogP contribution in [-0.2, 0) is 10.2 Å². The Hall–Kier alpha value is -2.11. The van der Waals surface area contributed by atoms with E-state index in [2.05, 4.69) is 0 Å². The van der Waals surface area contributed by atoms with Gasteiger partial charge in [-0.3, -0.25) is 14.9 Å². The number of fused-ring (bicyclic) bond motifs is 1. The van der Waals surface area contributed by atoms with Crippen LogP contribution in [0.15, 0.2) is 12.1 Å². The molecule has 2 N–H and O–H groups in total. The number of carbonyl (C=O) groups is 1. The van der Waals surface area contributed by atoms with Gasteiger partial charge in [0.1, 0.15) is 5.69 Å². The van der Waals surface area contributed by atoms with E-state index in [1.165, 1.54) is 11.0 Å². The van der Waals surface area contributed by atoms with Gasteiger partial charge in [0.05, 0.1) is 16.0 Å². The van der Waals surface area contributed by atoms with Crippen molar-refractivity contribution in [1.29, 1.82) is 0 Å². The smallest absolute Gasteiger partial charge is 0.294 e. The SMILES string of the molecule is CCC1(CC)C(=O)N(C)c2cc([N+](=O)[O-])c(N)cc21. The topological polar surface area (TPSA) is 89.5 Å². The normalized spacial score (nSPS) is 16.6. The fraction of sp³-hybridized carbons (Fsp3) is 0.462. The predicted octanol–water partition coefficient (Wildman–Crippen LogP) is 2.21. The van der Waals surface area contributed by atoms with Gasteiger partial charge in [-0.15, -0.1) is 0 Å². The Labute approximate surface area is 111 Å². The minimum atomic E-state index is -0.604. The quantitative estimate of drug-likeness (QED) is 0.514. The summed E-state index contributed by atoms with van der Waals surface area (Å²) in [7, 11) is 1.65. The second kappa shape index (κ2) is 4.22. The number of likely N-dealkylation sites (N-methyl/N-ethyl adjacent to an activating group) is 1. The molecule has 1 aliphatic rings. The van der Waals surface area contributed by atoms with E-state index in [-0.39, 0.29) is 17.3 Å². The first-order chi connectivity index (χ1) is 8.89. The van der Waals surface area contributed by atoms with Crippen LogP contribution < -0.4 is 10.6 Å². The molecule has 1 amide bonds. The number of hydrogen-bond donors (Lipinski definition) is 1. The summed E-state index contributed by atoms with van der Waals surface area (Å²) in [5.41, 5.74) is 6.49. The van der Waals surface area contributed by atoms with Crippen LogP contribution in [0, 0.1) is 10.1 Å². The molecule has 1 aromatic carbocycles. The Bertz CT molecular complexity index is 564. The first-order valence-corrected chi connectivity index (χ1v) is 6.25. The molecule has 0 fully saturated rings. The minimum Gasteiger partial charge on any atom is -0.393 e. The summed E-state index contributed by atoms with van der Waals surface area (Å²) in [6.45, 7) is 3.89. The Kier molecular flexibility index (Phi) is 2.96. The summed E-state index contributed by atoms with van der Waals surface area (Å²) in [5, 5.41) is 10.9. The van der Waals surface area contributed by atoms with Crippen LogP contribution in [0.5, 0.6) is 0 Å². The largest absolute Gasteiger partial charge is 0.393 e. The molecular weight excluding hydrogens is 246 g/mol. The standard InChI is InChI=1S/C13H17N3O3/c1-4-13(5-2)8-6-9(14)11(16(18)19)7-10(8)15(3)12(13)17/h6-7H,4-5,14H2,1-3H3. The summed E-state index contributed by atoms with van der Waals surface area (Å²) < 4.78 is 0. The lowest BCUT2D eigenvalue weighted by Gasteiger charge is -2.25. The maximum Gasteiger partial charge on any atom is 0.294 e. The summed E-state index contributed by atoms with van der Waals surface area (Å²) in [6, 6.07) is 2.98. The van der Waals surface area contributed by atoms with Crippen LogP contribution in [0.1, 0.15) is 32.3 Å². The molecule has 6 nitrogen and oxygen atoms in total. The van der Waals surface area contributed by atoms with Gasteiger partial charge in [0.25, 0.3) is 5.69 Å². The molecule has 0 saturated heterocycles. The predicted molar refractivity (Wildman–Crippen MR) is 73.2 cm³/mol. The molecule has 1 aliphatic heterocycles. The van der Waals surface area contributed by atoms with Gasteiger partial charge < -0.3 is 10.6 Å². The molecule has 0 radical (unpaired) electrons. The highest BCUT2D eigenvalue weighted by Gasteiger charge is 2.48. The summed E-state index contributed by atoms with van der Waals surface area (Å²) in [4.78, 5) is 24.4. The Morgan fingerprint density at radius 1 is 1.37 bits per heavy atom. The zero-order valence-electron chi connectivity index (χ0n) is 11.3. The van der Waals surface area contributed by atoms with Crippen molar-refractivity contribution in [1.82, 2.24) is 0 Å². The van der Waals surface area contributed by atoms with Crippen LogP contribution in [-0.4, -0.2) is 17.9 Å². The second-order valence-corrected chi connectivity index (χ2v) is 4.84. The van der Waals surface area contributed by atoms with E-state index in [1.54, 1.807) is 13.1 Å². The van der Waals surface area contributed by atoms with Gasteiger partial charge in [0.15, 0.2) is 0 Å². The number of nitrogen functional groups attached to an aromatic ring is 1. The van der Waals surface area contributed by atoms with Crippen LogP contribution in [0.2, 0.25) is 0 Å². The lowest BCUT2D eigenvalue weighted by Crippen LogP contribution is -2.37. The number of carbonyl (C=O) groups excluding carboxylic acids is 1. The molecule has 6 heteroatoms. The number of nitrogens with two attached hydrogens (primary N) is 1. The molecule has 0 bridgehead atoms. The molecule has 2 rings (SSSR count). The van der Waals surface area contributed by atoms with Gasteiger partial charge in [-0.05, 0) is 24.5 Å². The third-order valence-corrected chi connectivity index (χ3v) is 4.14. The third kappa shape index (κ3) is 1.59. The zero-order valence-corrected chi connectivity index (χ0v) is 11.3. The zero-order chi connectivity index (χ0) is 14.4. The van der Waals surface area contributed by atoms with Crippen molar-refractivity contribution < 1.29 is 9.72 Å². The number of benzene rings is 1.